The SMILES string of the molecule is CCc1ncnc(NCC2(C)CCN(C)CC2)c1F. The van der Waals surface area contributed by atoms with Crippen LogP contribution in [-0.4, -0.2) is 41.5 Å². The third-order valence-electron chi connectivity index (χ3n) is 4.07. The fourth-order valence-corrected chi connectivity index (χ4v) is 2.41. The van der Waals surface area contributed by atoms with Crippen molar-refractivity contribution in [2.24, 2.45) is 5.41 Å². The Morgan fingerprint density at radius 1 is 1.37 bits per heavy atom. The lowest BCUT2D eigenvalue weighted by molar-refractivity contribution is 0.150. The molecule has 1 N–H and O–H groups in total. The summed E-state index contributed by atoms with van der Waals surface area (Å²) in [6.45, 7) is 7.12. The Balaban J connectivity index is 1.99. The predicted octanol–water partition coefficient (Wildman–Crippen LogP) is 2.32. The fourth-order valence-electron chi connectivity index (χ4n) is 2.41. The van der Waals surface area contributed by atoms with E-state index in [1.807, 2.05) is 6.92 Å². The van der Waals surface area contributed by atoms with Crippen LogP contribution in [0.5, 0.6) is 0 Å². The number of piperidine rings is 1. The van der Waals surface area contributed by atoms with Gasteiger partial charge in [-0.2, -0.15) is 0 Å². The third kappa shape index (κ3) is 3.41. The maximum Gasteiger partial charge on any atom is 0.186 e. The number of hydrogen-bond acceptors (Lipinski definition) is 4. The van der Waals surface area contributed by atoms with Crippen LogP contribution in [0.1, 0.15) is 32.4 Å². The highest BCUT2D eigenvalue weighted by molar-refractivity contribution is 5.37. The maximum absolute atomic E-state index is 14.0. The number of likely N-dealkylation sites (tertiary alicyclic amines) is 1. The largest absolute Gasteiger partial charge is 0.367 e. The van der Waals surface area contributed by atoms with E-state index in [2.05, 4.69) is 34.2 Å². The van der Waals surface area contributed by atoms with Crippen molar-refractivity contribution in [2.45, 2.75) is 33.1 Å². The van der Waals surface area contributed by atoms with Crippen LogP contribution in [0, 0.1) is 11.2 Å². The highest BCUT2D eigenvalue weighted by atomic mass is 19.1. The van der Waals surface area contributed by atoms with Gasteiger partial charge in [0.2, 0.25) is 0 Å². The Morgan fingerprint density at radius 3 is 2.68 bits per heavy atom. The number of rotatable bonds is 4. The zero-order chi connectivity index (χ0) is 13.9. The molecule has 0 aliphatic carbocycles. The molecular weight excluding hydrogens is 243 g/mol. The Hall–Kier alpha value is -1.23. The van der Waals surface area contributed by atoms with E-state index in [-0.39, 0.29) is 11.2 Å². The highest BCUT2D eigenvalue weighted by Gasteiger charge is 2.29. The van der Waals surface area contributed by atoms with E-state index < -0.39 is 0 Å². The molecule has 5 heteroatoms. The van der Waals surface area contributed by atoms with Gasteiger partial charge in [-0.1, -0.05) is 13.8 Å². The monoisotopic (exact) mass is 266 g/mol. The Bertz CT molecular complexity index is 427. The summed E-state index contributed by atoms with van der Waals surface area (Å²) < 4.78 is 14.0. The van der Waals surface area contributed by atoms with E-state index in [1.54, 1.807) is 0 Å². The van der Waals surface area contributed by atoms with Gasteiger partial charge in [-0.15, -0.1) is 0 Å². The highest BCUT2D eigenvalue weighted by Crippen LogP contribution is 2.30. The Morgan fingerprint density at radius 2 is 2.05 bits per heavy atom. The number of aromatic nitrogens is 2. The van der Waals surface area contributed by atoms with Crippen molar-refractivity contribution < 1.29 is 4.39 Å². The van der Waals surface area contributed by atoms with Gasteiger partial charge in [0.1, 0.15) is 6.33 Å². The molecule has 2 heterocycles. The Labute approximate surface area is 114 Å². The maximum atomic E-state index is 14.0. The second kappa shape index (κ2) is 5.82. The molecular formula is C14H23FN4. The van der Waals surface area contributed by atoms with Crippen LogP contribution >= 0.6 is 0 Å². The standard InChI is InChI=1S/C14H23FN4/c1-4-11-12(15)13(18-10-17-11)16-9-14(2)5-7-19(3)8-6-14/h10H,4-9H2,1-3H3,(H,16,17,18). The van der Waals surface area contributed by atoms with E-state index in [0.29, 0.717) is 17.9 Å². The average molecular weight is 266 g/mol. The molecule has 0 bridgehead atoms. The van der Waals surface area contributed by atoms with E-state index in [0.717, 1.165) is 32.5 Å². The minimum Gasteiger partial charge on any atom is -0.367 e. The summed E-state index contributed by atoms with van der Waals surface area (Å²) in [5.74, 6) is 0.0357. The van der Waals surface area contributed by atoms with Gasteiger partial charge in [0, 0.05) is 6.54 Å². The van der Waals surface area contributed by atoms with Gasteiger partial charge in [0.15, 0.2) is 11.6 Å². The first-order valence-electron chi connectivity index (χ1n) is 6.96. The van der Waals surface area contributed by atoms with E-state index in [9.17, 15) is 4.39 Å². The van der Waals surface area contributed by atoms with Crippen molar-refractivity contribution in [3.8, 4) is 0 Å². The first kappa shape index (κ1) is 14.2. The van der Waals surface area contributed by atoms with Crippen LogP contribution < -0.4 is 5.32 Å². The van der Waals surface area contributed by atoms with Crippen molar-refractivity contribution in [2.75, 3.05) is 32.0 Å². The molecule has 1 aromatic rings. The molecule has 0 spiro atoms. The lowest BCUT2D eigenvalue weighted by atomic mass is 9.80. The van der Waals surface area contributed by atoms with Gasteiger partial charge in [-0.05, 0) is 44.8 Å². The van der Waals surface area contributed by atoms with Gasteiger partial charge in [0.25, 0.3) is 0 Å². The van der Waals surface area contributed by atoms with Crippen LogP contribution in [0.15, 0.2) is 6.33 Å². The molecule has 0 radical (unpaired) electrons. The molecule has 0 unspecified atom stereocenters. The molecule has 1 aliphatic heterocycles. The zero-order valence-corrected chi connectivity index (χ0v) is 12.0. The van der Waals surface area contributed by atoms with Crippen molar-refractivity contribution in [3.63, 3.8) is 0 Å². The summed E-state index contributed by atoms with van der Waals surface area (Å²) in [7, 11) is 2.14. The molecule has 1 aliphatic rings. The molecule has 0 atom stereocenters. The molecule has 106 valence electrons. The topological polar surface area (TPSA) is 41.1 Å². The van der Waals surface area contributed by atoms with E-state index in [4.69, 9.17) is 0 Å². The van der Waals surface area contributed by atoms with Crippen LogP contribution in [0.4, 0.5) is 10.2 Å². The lowest BCUT2D eigenvalue weighted by Crippen LogP contribution is -2.40. The molecule has 0 saturated carbocycles. The molecule has 4 nitrogen and oxygen atoms in total. The zero-order valence-electron chi connectivity index (χ0n) is 12.0. The summed E-state index contributed by atoms with van der Waals surface area (Å²) >= 11 is 0. The first-order chi connectivity index (χ1) is 9.04. The number of aryl methyl sites for hydroxylation is 1. The number of anilines is 1. The van der Waals surface area contributed by atoms with Crippen LogP contribution in [0.3, 0.4) is 0 Å². The second-order valence-electron chi connectivity index (χ2n) is 5.80. The predicted molar refractivity (Wildman–Crippen MR) is 74.7 cm³/mol. The van der Waals surface area contributed by atoms with Crippen molar-refractivity contribution in [1.29, 1.82) is 0 Å². The molecule has 1 saturated heterocycles. The smallest absolute Gasteiger partial charge is 0.186 e. The van der Waals surface area contributed by atoms with E-state index in [1.165, 1.54) is 6.33 Å². The van der Waals surface area contributed by atoms with E-state index >= 15 is 0 Å². The van der Waals surface area contributed by atoms with Gasteiger partial charge in [0.05, 0.1) is 5.69 Å². The summed E-state index contributed by atoms with van der Waals surface area (Å²) in [4.78, 5) is 10.3. The third-order valence-corrected chi connectivity index (χ3v) is 4.07. The van der Waals surface area contributed by atoms with Gasteiger partial charge in [-0.3, -0.25) is 0 Å². The number of nitrogens with zero attached hydrogens (tertiary/aromatic N) is 3. The minimum absolute atomic E-state index is 0.219. The average Bonchev–Trinajstić information content (AvgIpc) is 2.41. The summed E-state index contributed by atoms with van der Waals surface area (Å²) in [5.41, 5.74) is 0.696. The quantitative estimate of drug-likeness (QED) is 0.908. The molecule has 2 rings (SSSR count). The summed E-state index contributed by atoms with van der Waals surface area (Å²) in [6, 6.07) is 0. The molecule has 0 aromatic carbocycles. The van der Waals surface area contributed by atoms with Crippen molar-refractivity contribution in [3.05, 3.63) is 17.8 Å². The number of nitrogens with one attached hydrogen (secondary N) is 1. The van der Waals surface area contributed by atoms with Gasteiger partial charge in [-0.25, -0.2) is 14.4 Å². The van der Waals surface area contributed by atoms with Crippen LogP contribution in [-0.2, 0) is 6.42 Å². The van der Waals surface area contributed by atoms with Crippen LogP contribution in [0.2, 0.25) is 0 Å². The molecule has 0 amide bonds. The van der Waals surface area contributed by atoms with Crippen molar-refractivity contribution in [1.82, 2.24) is 14.9 Å². The normalized spacial score (nSPS) is 19.4. The van der Waals surface area contributed by atoms with Gasteiger partial charge < -0.3 is 10.2 Å². The van der Waals surface area contributed by atoms with Crippen LogP contribution in [0.25, 0.3) is 0 Å². The number of hydrogen-bond donors (Lipinski definition) is 1. The first-order valence-corrected chi connectivity index (χ1v) is 6.96. The molecule has 19 heavy (non-hydrogen) atoms. The summed E-state index contributed by atoms with van der Waals surface area (Å²) in [6.07, 6.45) is 4.28. The van der Waals surface area contributed by atoms with Gasteiger partial charge >= 0.3 is 0 Å². The molecule has 1 fully saturated rings. The lowest BCUT2D eigenvalue weighted by Gasteiger charge is -2.38. The second-order valence-corrected chi connectivity index (χ2v) is 5.80. The fraction of sp³-hybridized carbons (Fsp3) is 0.714. The summed E-state index contributed by atoms with van der Waals surface area (Å²) in [5, 5.41) is 3.17. The molecule has 1 aromatic heterocycles. The number of halogens is 1. The Kier molecular flexibility index (Phi) is 4.34. The minimum atomic E-state index is -0.304. The van der Waals surface area contributed by atoms with Crippen molar-refractivity contribution >= 4 is 5.82 Å².